The summed E-state index contributed by atoms with van der Waals surface area (Å²) in [6, 6.07) is 1.24. The topological polar surface area (TPSA) is 24.5 Å². The molecule has 2 atom stereocenters. The third kappa shape index (κ3) is 5.36. The van der Waals surface area contributed by atoms with Crippen LogP contribution >= 0.6 is 0 Å². The number of ether oxygens (including phenoxy) is 1. The van der Waals surface area contributed by atoms with E-state index >= 15 is 0 Å². The van der Waals surface area contributed by atoms with Gasteiger partial charge in [0.15, 0.2) is 0 Å². The standard InChI is InChI=1S/C14H30N2O/c1-11(2)13-10-16(12(3)9-15-13)7-8-17-14(4,5)6/h11-13,15H,7-10H2,1-6H3. The highest BCUT2D eigenvalue weighted by molar-refractivity contribution is 4.85. The van der Waals surface area contributed by atoms with Gasteiger partial charge in [-0.05, 0) is 33.6 Å². The summed E-state index contributed by atoms with van der Waals surface area (Å²) >= 11 is 0. The van der Waals surface area contributed by atoms with Gasteiger partial charge in [-0.1, -0.05) is 13.8 Å². The van der Waals surface area contributed by atoms with E-state index in [9.17, 15) is 0 Å². The highest BCUT2D eigenvalue weighted by atomic mass is 16.5. The van der Waals surface area contributed by atoms with E-state index in [0.717, 1.165) is 26.2 Å². The van der Waals surface area contributed by atoms with E-state index in [-0.39, 0.29) is 5.60 Å². The molecule has 1 aliphatic rings. The quantitative estimate of drug-likeness (QED) is 0.817. The second-order valence-corrected chi connectivity index (χ2v) is 6.56. The minimum atomic E-state index is -0.0191. The zero-order valence-electron chi connectivity index (χ0n) is 12.4. The van der Waals surface area contributed by atoms with Crippen LogP contribution in [0.3, 0.4) is 0 Å². The van der Waals surface area contributed by atoms with Gasteiger partial charge in [-0.3, -0.25) is 4.90 Å². The predicted molar refractivity (Wildman–Crippen MR) is 73.4 cm³/mol. The summed E-state index contributed by atoms with van der Waals surface area (Å²) in [5.74, 6) is 0.702. The molecule has 1 aliphatic heterocycles. The van der Waals surface area contributed by atoms with Crippen molar-refractivity contribution in [3.05, 3.63) is 0 Å². The van der Waals surface area contributed by atoms with Crippen molar-refractivity contribution in [2.24, 2.45) is 5.92 Å². The van der Waals surface area contributed by atoms with Crippen molar-refractivity contribution in [1.29, 1.82) is 0 Å². The predicted octanol–water partition coefficient (Wildman–Crippen LogP) is 2.12. The number of nitrogens with zero attached hydrogens (tertiary/aromatic N) is 1. The minimum Gasteiger partial charge on any atom is -0.375 e. The first-order valence-corrected chi connectivity index (χ1v) is 6.91. The van der Waals surface area contributed by atoms with Gasteiger partial charge in [0.05, 0.1) is 12.2 Å². The maximum absolute atomic E-state index is 5.81. The lowest BCUT2D eigenvalue weighted by molar-refractivity contribution is -0.0221. The van der Waals surface area contributed by atoms with Crippen molar-refractivity contribution < 1.29 is 4.74 Å². The lowest BCUT2D eigenvalue weighted by Gasteiger charge is -2.40. The highest BCUT2D eigenvalue weighted by Crippen LogP contribution is 2.13. The highest BCUT2D eigenvalue weighted by Gasteiger charge is 2.26. The molecule has 1 heterocycles. The van der Waals surface area contributed by atoms with Crippen LogP contribution in [0.4, 0.5) is 0 Å². The summed E-state index contributed by atoms with van der Waals surface area (Å²) in [6.45, 7) is 17.3. The Morgan fingerprint density at radius 3 is 2.53 bits per heavy atom. The zero-order valence-corrected chi connectivity index (χ0v) is 12.4. The molecule has 1 rings (SSSR count). The van der Waals surface area contributed by atoms with Crippen LogP contribution in [-0.4, -0.2) is 48.8 Å². The van der Waals surface area contributed by atoms with E-state index in [2.05, 4.69) is 51.8 Å². The van der Waals surface area contributed by atoms with Crippen LogP contribution in [0.25, 0.3) is 0 Å². The monoisotopic (exact) mass is 242 g/mol. The Morgan fingerprint density at radius 1 is 1.35 bits per heavy atom. The normalized spacial score (nSPS) is 27.7. The summed E-state index contributed by atoms with van der Waals surface area (Å²) in [5.41, 5.74) is -0.0191. The van der Waals surface area contributed by atoms with Crippen molar-refractivity contribution in [2.45, 2.75) is 59.2 Å². The molecule has 3 heteroatoms. The van der Waals surface area contributed by atoms with Crippen molar-refractivity contribution in [3.8, 4) is 0 Å². The molecule has 1 saturated heterocycles. The third-order valence-electron chi connectivity index (χ3n) is 3.45. The molecule has 17 heavy (non-hydrogen) atoms. The Hall–Kier alpha value is -0.120. The summed E-state index contributed by atoms with van der Waals surface area (Å²) in [6.07, 6.45) is 0. The SMILES string of the molecule is CC(C)C1CN(CCOC(C)(C)C)C(C)CN1. The molecule has 0 aromatic rings. The van der Waals surface area contributed by atoms with Crippen LogP contribution < -0.4 is 5.32 Å². The summed E-state index contributed by atoms with van der Waals surface area (Å²) in [5, 5.41) is 3.62. The molecule has 3 nitrogen and oxygen atoms in total. The van der Waals surface area contributed by atoms with Crippen LogP contribution in [0.1, 0.15) is 41.5 Å². The second kappa shape index (κ2) is 6.17. The van der Waals surface area contributed by atoms with Gasteiger partial charge in [-0.25, -0.2) is 0 Å². The van der Waals surface area contributed by atoms with Crippen LogP contribution in [0.5, 0.6) is 0 Å². The lowest BCUT2D eigenvalue weighted by atomic mass is 10.00. The Labute approximate surface area is 107 Å². The number of piperazine rings is 1. The van der Waals surface area contributed by atoms with E-state index in [1.54, 1.807) is 0 Å². The average molecular weight is 242 g/mol. The van der Waals surface area contributed by atoms with Crippen LogP contribution in [0.2, 0.25) is 0 Å². The first-order valence-electron chi connectivity index (χ1n) is 6.91. The van der Waals surface area contributed by atoms with E-state index in [1.165, 1.54) is 0 Å². The van der Waals surface area contributed by atoms with E-state index in [1.807, 2.05) is 0 Å². The van der Waals surface area contributed by atoms with Crippen LogP contribution in [0, 0.1) is 5.92 Å². The Balaban J connectivity index is 2.35. The van der Waals surface area contributed by atoms with Gasteiger partial charge in [0.25, 0.3) is 0 Å². The molecule has 0 amide bonds. The number of nitrogens with one attached hydrogen (secondary N) is 1. The molecule has 102 valence electrons. The Morgan fingerprint density at radius 2 is 2.00 bits per heavy atom. The largest absolute Gasteiger partial charge is 0.375 e. The zero-order chi connectivity index (χ0) is 13.1. The first-order chi connectivity index (χ1) is 7.79. The van der Waals surface area contributed by atoms with Gasteiger partial charge in [0.2, 0.25) is 0 Å². The molecule has 1 N–H and O–H groups in total. The molecule has 0 spiro atoms. The fraction of sp³-hybridized carbons (Fsp3) is 1.00. The van der Waals surface area contributed by atoms with Crippen LogP contribution in [0.15, 0.2) is 0 Å². The second-order valence-electron chi connectivity index (χ2n) is 6.56. The van der Waals surface area contributed by atoms with Gasteiger partial charge in [0.1, 0.15) is 0 Å². The van der Waals surface area contributed by atoms with Crippen molar-refractivity contribution in [1.82, 2.24) is 10.2 Å². The molecule has 0 radical (unpaired) electrons. The molecule has 0 aromatic heterocycles. The van der Waals surface area contributed by atoms with Gasteiger partial charge in [0, 0.05) is 31.7 Å². The molecule has 0 bridgehead atoms. The van der Waals surface area contributed by atoms with Gasteiger partial charge < -0.3 is 10.1 Å². The van der Waals surface area contributed by atoms with Crippen molar-refractivity contribution >= 4 is 0 Å². The maximum Gasteiger partial charge on any atom is 0.0600 e. The molecule has 0 aromatic carbocycles. The molecular formula is C14H30N2O. The summed E-state index contributed by atoms with van der Waals surface area (Å²) < 4.78 is 5.81. The van der Waals surface area contributed by atoms with Gasteiger partial charge in [-0.15, -0.1) is 0 Å². The van der Waals surface area contributed by atoms with Crippen molar-refractivity contribution in [2.75, 3.05) is 26.2 Å². The number of hydrogen-bond acceptors (Lipinski definition) is 3. The van der Waals surface area contributed by atoms with E-state index in [4.69, 9.17) is 4.74 Å². The minimum absolute atomic E-state index is 0.0191. The fourth-order valence-corrected chi connectivity index (χ4v) is 2.18. The van der Waals surface area contributed by atoms with E-state index in [0.29, 0.717) is 18.0 Å². The third-order valence-corrected chi connectivity index (χ3v) is 3.45. The first kappa shape index (κ1) is 14.9. The van der Waals surface area contributed by atoms with E-state index < -0.39 is 0 Å². The molecular weight excluding hydrogens is 212 g/mol. The maximum atomic E-state index is 5.81. The molecule has 0 saturated carbocycles. The number of rotatable bonds is 4. The Bertz CT molecular complexity index is 223. The Kier molecular flexibility index (Phi) is 5.42. The molecule has 2 unspecified atom stereocenters. The van der Waals surface area contributed by atoms with Crippen LogP contribution in [-0.2, 0) is 4.74 Å². The molecule has 1 fully saturated rings. The summed E-state index contributed by atoms with van der Waals surface area (Å²) in [7, 11) is 0. The smallest absolute Gasteiger partial charge is 0.0600 e. The fourth-order valence-electron chi connectivity index (χ4n) is 2.18. The summed E-state index contributed by atoms with van der Waals surface area (Å²) in [4.78, 5) is 2.55. The number of hydrogen-bond donors (Lipinski definition) is 1. The lowest BCUT2D eigenvalue weighted by Crippen LogP contribution is -2.57. The molecule has 0 aliphatic carbocycles. The van der Waals surface area contributed by atoms with Crippen molar-refractivity contribution in [3.63, 3.8) is 0 Å². The van der Waals surface area contributed by atoms with Gasteiger partial charge >= 0.3 is 0 Å². The van der Waals surface area contributed by atoms with Gasteiger partial charge in [-0.2, -0.15) is 0 Å². The average Bonchev–Trinajstić information content (AvgIpc) is 2.18.